The van der Waals surface area contributed by atoms with Crippen molar-refractivity contribution >= 4 is 43.6 Å². The van der Waals surface area contributed by atoms with Crippen LogP contribution in [0.25, 0.3) is 111 Å². The lowest BCUT2D eigenvalue weighted by atomic mass is 9.95. The Hall–Kier alpha value is -8.92. The highest BCUT2D eigenvalue weighted by molar-refractivity contribution is 6.14. The van der Waals surface area contributed by atoms with Crippen LogP contribution in [0.2, 0.25) is 0 Å². The highest BCUT2D eigenvalue weighted by atomic mass is 19.4. The fourth-order valence-electron chi connectivity index (χ4n) is 12.1. The lowest BCUT2D eigenvalue weighted by molar-refractivity contribution is -0.137. The predicted molar refractivity (Wildman–Crippen MR) is 310 cm³/mol. The van der Waals surface area contributed by atoms with Gasteiger partial charge in [-0.3, -0.25) is 0 Å². The molecule has 370 valence electrons. The minimum absolute atomic E-state index is 0.0142. The number of alkyl halides is 3. The summed E-state index contributed by atoms with van der Waals surface area (Å²) in [7, 11) is 0. The van der Waals surface area contributed by atoms with Gasteiger partial charge < -0.3 is 9.13 Å². The molecule has 3 nitrogen and oxygen atoms in total. The van der Waals surface area contributed by atoms with Crippen molar-refractivity contribution in [2.75, 3.05) is 0 Å². The lowest BCUT2D eigenvalue weighted by Crippen LogP contribution is -2.12. The molecule has 0 atom stereocenters. The first kappa shape index (κ1) is 48.0. The van der Waals surface area contributed by atoms with E-state index in [0.29, 0.717) is 33.4 Å². The second-order valence-corrected chi connectivity index (χ2v) is 21.1. The average Bonchev–Trinajstić information content (AvgIpc) is 3.89. The first-order valence-corrected chi connectivity index (χ1v) is 25.7. The Kier molecular flexibility index (Phi) is 11.5. The zero-order valence-electron chi connectivity index (χ0n) is 43.8. The molecule has 0 unspecified atom stereocenters. The maximum Gasteiger partial charge on any atom is 0.418 e. The predicted octanol–water partition coefficient (Wildman–Crippen LogP) is 19.6. The molecule has 0 aliphatic carbocycles. The number of aromatic nitrogens is 2. The number of halogens is 3. The average molecular weight is 994 g/mol. The van der Waals surface area contributed by atoms with Gasteiger partial charge in [0.15, 0.2) is 0 Å². The summed E-state index contributed by atoms with van der Waals surface area (Å²) in [5.41, 5.74) is 21.5. The number of nitriles is 1. The van der Waals surface area contributed by atoms with Gasteiger partial charge in [0.05, 0.1) is 50.6 Å². The molecule has 0 saturated heterocycles. The molecule has 0 spiro atoms. The van der Waals surface area contributed by atoms with Crippen LogP contribution < -0.4 is 0 Å². The van der Waals surface area contributed by atoms with Crippen LogP contribution in [0.15, 0.2) is 182 Å². The molecule has 2 heterocycles. The third-order valence-corrected chi connectivity index (χ3v) is 15.0. The zero-order valence-corrected chi connectivity index (χ0v) is 43.8. The maximum absolute atomic E-state index is 16.2. The van der Waals surface area contributed by atoms with Gasteiger partial charge in [-0.2, -0.15) is 18.4 Å². The Morgan fingerprint density at radius 3 is 1.01 bits per heavy atom. The Morgan fingerprint density at radius 2 is 0.684 bits per heavy atom. The van der Waals surface area contributed by atoms with E-state index in [4.69, 9.17) is 0 Å². The summed E-state index contributed by atoms with van der Waals surface area (Å²) in [6, 6.07) is 63.4. The standard InChI is InChI=1S/C70H54F3N3/c1-40-22-41(2)27-53(26-40)49-13-18-65-59(35-49)60-36-50(54-28-42(3)23-43(4)29-54)14-19-66(60)75(65)64-17-12-48(39-74)34-58(64)57-10-9-11-63(70(71,72)73)69(57)76-67-20-15-51(55-30-44(5)24-45(6)31-55)37-61(67)62-38-52(16-21-68(62)76)56-32-46(7)25-47(8)33-56/h9-38H,1-8H3. The van der Waals surface area contributed by atoms with Gasteiger partial charge in [0, 0.05) is 32.7 Å². The molecule has 12 rings (SSSR count). The molecule has 0 saturated carbocycles. The molecule has 76 heavy (non-hydrogen) atoms. The maximum atomic E-state index is 16.2. The van der Waals surface area contributed by atoms with Gasteiger partial charge >= 0.3 is 6.18 Å². The fourth-order valence-corrected chi connectivity index (χ4v) is 12.1. The smallest absolute Gasteiger partial charge is 0.309 e. The van der Waals surface area contributed by atoms with Crippen LogP contribution >= 0.6 is 0 Å². The van der Waals surface area contributed by atoms with Gasteiger partial charge in [0.1, 0.15) is 0 Å². The van der Waals surface area contributed by atoms with Crippen molar-refractivity contribution in [1.29, 1.82) is 5.26 Å². The fraction of sp³-hybridized carbons (Fsp3) is 0.129. The van der Waals surface area contributed by atoms with Crippen LogP contribution in [-0.2, 0) is 6.18 Å². The van der Waals surface area contributed by atoms with Gasteiger partial charge in [-0.15, -0.1) is 0 Å². The van der Waals surface area contributed by atoms with Crippen molar-refractivity contribution in [3.05, 3.63) is 238 Å². The van der Waals surface area contributed by atoms with E-state index in [1.54, 1.807) is 22.8 Å². The van der Waals surface area contributed by atoms with Crippen LogP contribution in [0.1, 0.15) is 55.6 Å². The van der Waals surface area contributed by atoms with Crippen molar-refractivity contribution in [1.82, 2.24) is 9.13 Å². The molecule has 6 heteroatoms. The summed E-state index contributed by atoms with van der Waals surface area (Å²) < 4.78 is 52.5. The number of para-hydroxylation sites is 1. The molecule has 0 fully saturated rings. The van der Waals surface area contributed by atoms with Gasteiger partial charge in [-0.1, -0.05) is 154 Å². The van der Waals surface area contributed by atoms with E-state index in [1.807, 2.05) is 30.3 Å². The second kappa shape index (κ2) is 18.2. The minimum atomic E-state index is -4.76. The van der Waals surface area contributed by atoms with E-state index in [2.05, 4.69) is 187 Å². The molecule has 0 aliphatic rings. The summed E-state index contributed by atoms with van der Waals surface area (Å²) in [5.74, 6) is 0. The molecule has 0 radical (unpaired) electrons. The largest absolute Gasteiger partial charge is 0.418 e. The summed E-state index contributed by atoms with van der Waals surface area (Å²) >= 11 is 0. The SMILES string of the molecule is Cc1cc(C)cc(-c2ccc3c(c2)c2cc(-c4cc(C)cc(C)c4)ccc2n3-c2ccc(C#N)cc2-c2cccc(C(F)(F)F)c2-n2c3ccc(-c4cc(C)cc(C)c4)cc3c3cc(-c4cc(C)cc(C)c4)ccc32)c1. The Labute approximate surface area is 441 Å². The third-order valence-electron chi connectivity index (χ3n) is 15.0. The van der Waals surface area contributed by atoms with E-state index in [0.717, 1.165) is 99.3 Å². The van der Waals surface area contributed by atoms with E-state index in [1.165, 1.54) is 34.4 Å². The zero-order chi connectivity index (χ0) is 52.9. The highest BCUT2D eigenvalue weighted by Gasteiger charge is 2.37. The summed E-state index contributed by atoms with van der Waals surface area (Å²) in [5, 5.41) is 14.3. The molecule has 0 bridgehead atoms. The highest BCUT2D eigenvalue weighted by Crippen LogP contribution is 2.47. The van der Waals surface area contributed by atoms with Crippen molar-refractivity contribution in [2.24, 2.45) is 0 Å². The lowest BCUT2D eigenvalue weighted by Gasteiger charge is -2.22. The number of nitrogens with zero attached hydrogens (tertiary/aromatic N) is 3. The summed E-state index contributed by atoms with van der Waals surface area (Å²) in [4.78, 5) is 0. The van der Waals surface area contributed by atoms with Crippen molar-refractivity contribution in [3.8, 4) is 73.1 Å². The molecule has 12 aromatic rings. The van der Waals surface area contributed by atoms with E-state index >= 15 is 13.2 Å². The summed E-state index contributed by atoms with van der Waals surface area (Å²) in [6.07, 6.45) is -4.76. The number of fused-ring (bicyclic) bond motifs is 6. The molecule has 10 aromatic carbocycles. The third kappa shape index (κ3) is 8.43. The molecular formula is C70H54F3N3. The van der Waals surface area contributed by atoms with E-state index in [-0.39, 0.29) is 5.69 Å². The second-order valence-electron chi connectivity index (χ2n) is 21.1. The number of hydrogen-bond donors (Lipinski definition) is 0. The number of benzene rings is 10. The Balaban J connectivity index is 1.17. The molecular weight excluding hydrogens is 940 g/mol. The Morgan fingerprint density at radius 1 is 0.342 bits per heavy atom. The van der Waals surface area contributed by atoms with Gasteiger partial charge in [0.25, 0.3) is 0 Å². The van der Waals surface area contributed by atoms with E-state index < -0.39 is 11.7 Å². The molecule has 0 aliphatic heterocycles. The van der Waals surface area contributed by atoms with Crippen LogP contribution in [0, 0.1) is 66.7 Å². The number of rotatable bonds is 7. The van der Waals surface area contributed by atoms with Crippen LogP contribution in [-0.4, -0.2) is 9.13 Å². The molecule has 2 aromatic heterocycles. The van der Waals surface area contributed by atoms with Gasteiger partial charge in [-0.05, 0) is 173 Å². The quantitative estimate of drug-likeness (QED) is 0.157. The van der Waals surface area contributed by atoms with Crippen molar-refractivity contribution in [2.45, 2.75) is 61.6 Å². The van der Waals surface area contributed by atoms with Gasteiger partial charge in [0.2, 0.25) is 0 Å². The molecule has 0 amide bonds. The van der Waals surface area contributed by atoms with Crippen LogP contribution in [0.3, 0.4) is 0 Å². The number of aryl methyl sites for hydroxylation is 8. The minimum Gasteiger partial charge on any atom is -0.309 e. The first-order chi connectivity index (χ1) is 36.5. The monoisotopic (exact) mass is 993 g/mol. The Bertz CT molecular complexity index is 4140. The van der Waals surface area contributed by atoms with Gasteiger partial charge in [-0.25, -0.2) is 0 Å². The van der Waals surface area contributed by atoms with Crippen molar-refractivity contribution in [3.63, 3.8) is 0 Å². The number of hydrogen-bond acceptors (Lipinski definition) is 1. The molecule has 0 N–H and O–H groups in total. The normalized spacial score (nSPS) is 11.9. The topological polar surface area (TPSA) is 33.6 Å². The van der Waals surface area contributed by atoms with Crippen LogP contribution in [0.4, 0.5) is 13.2 Å². The first-order valence-electron chi connectivity index (χ1n) is 25.7. The van der Waals surface area contributed by atoms with Crippen LogP contribution in [0.5, 0.6) is 0 Å². The van der Waals surface area contributed by atoms with E-state index in [9.17, 15) is 5.26 Å². The van der Waals surface area contributed by atoms with Crippen molar-refractivity contribution < 1.29 is 13.2 Å². The summed E-state index contributed by atoms with van der Waals surface area (Å²) in [6.45, 7) is 16.7.